The Hall–Kier alpha value is -1.92. The van der Waals surface area contributed by atoms with E-state index in [1.165, 1.54) is 24.5 Å². The van der Waals surface area contributed by atoms with E-state index in [2.05, 4.69) is 30.8 Å². The molecule has 0 radical (unpaired) electrons. The van der Waals surface area contributed by atoms with Gasteiger partial charge in [0.25, 0.3) is 5.56 Å². The van der Waals surface area contributed by atoms with Gasteiger partial charge < -0.3 is 10.3 Å². The molecule has 2 heterocycles. The highest BCUT2D eigenvalue weighted by atomic mass is 32.2. The summed E-state index contributed by atoms with van der Waals surface area (Å²) in [6.07, 6.45) is 0.00281. The van der Waals surface area contributed by atoms with Crippen LogP contribution in [0.15, 0.2) is 20.4 Å². The number of carbonyl (C=O) groups excluding carboxylic acids is 2. The zero-order valence-corrected chi connectivity index (χ0v) is 15.9. The Labute approximate surface area is 155 Å². The highest BCUT2D eigenvalue weighted by Gasteiger charge is 2.11. The van der Waals surface area contributed by atoms with Gasteiger partial charge in [0, 0.05) is 13.1 Å². The Kier molecular flexibility index (Phi) is 7.40. The lowest BCUT2D eigenvalue weighted by Crippen LogP contribution is -2.22. The molecule has 3 N–H and O–H groups in total. The summed E-state index contributed by atoms with van der Waals surface area (Å²) in [6.45, 7) is 2.01. The number of thioether (sulfide) groups is 2. The molecule has 2 aromatic rings. The number of nitrogens with zero attached hydrogens (tertiary/aromatic N) is 3. The molecule has 0 unspecified atom stereocenters. The average Bonchev–Trinajstić information content (AvgIpc) is 2.99. The Morgan fingerprint density at radius 3 is 2.80 bits per heavy atom. The Morgan fingerprint density at radius 1 is 1.28 bits per heavy atom. The maximum absolute atomic E-state index is 12.0. The molecule has 0 saturated carbocycles. The Bertz CT molecular complexity index is 806. The van der Waals surface area contributed by atoms with Gasteiger partial charge in [-0.05, 0) is 5.75 Å². The van der Waals surface area contributed by atoms with E-state index in [0.29, 0.717) is 10.8 Å². The first kappa shape index (κ1) is 19.4. The molecule has 12 heteroatoms. The first-order valence-electron chi connectivity index (χ1n) is 7.20. The van der Waals surface area contributed by atoms with Gasteiger partial charge in [-0.2, -0.15) is 0 Å². The molecule has 0 aromatic carbocycles. The fraction of sp³-hybridized carbons (Fsp3) is 0.385. The third kappa shape index (κ3) is 6.48. The van der Waals surface area contributed by atoms with E-state index >= 15 is 0 Å². The van der Waals surface area contributed by atoms with E-state index in [9.17, 15) is 14.4 Å². The van der Waals surface area contributed by atoms with Crippen molar-refractivity contribution in [2.45, 2.75) is 22.8 Å². The molecular weight excluding hydrogens is 384 g/mol. The Balaban J connectivity index is 1.92. The van der Waals surface area contributed by atoms with Crippen molar-refractivity contribution in [3.05, 3.63) is 22.1 Å². The van der Waals surface area contributed by atoms with Crippen LogP contribution in [0.4, 0.5) is 5.13 Å². The lowest BCUT2D eigenvalue weighted by atomic mass is 10.3. The number of anilines is 1. The zero-order chi connectivity index (χ0) is 18.2. The predicted molar refractivity (Wildman–Crippen MR) is 98.3 cm³/mol. The van der Waals surface area contributed by atoms with E-state index in [1.54, 1.807) is 11.8 Å². The molecule has 0 aliphatic carbocycles. The number of carbonyl (C=O) groups is 2. The van der Waals surface area contributed by atoms with Crippen LogP contribution in [0.25, 0.3) is 0 Å². The van der Waals surface area contributed by atoms with E-state index < -0.39 is 0 Å². The molecule has 2 amide bonds. The Morgan fingerprint density at radius 2 is 2.08 bits per heavy atom. The van der Waals surface area contributed by atoms with Crippen LogP contribution in [0.1, 0.15) is 12.6 Å². The van der Waals surface area contributed by atoms with Crippen molar-refractivity contribution in [1.82, 2.24) is 25.5 Å². The van der Waals surface area contributed by atoms with Crippen molar-refractivity contribution >= 4 is 51.8 Å². The molecule has 9 nitrogen and oxygen atoms in total. The second kappa shape index (κ2) is 9.53. The number of nitrogens with one attached hydrogen (secondary N) is 3. The molecule has 0 bridgehead atoms. The van der Waals surface area contributed by atoms with Gasteiger partial charge in [-0.25, -0.2) is 4.98 Å². The number of likely N-dealkylation sites (N-methyl/N-ethyl adjacent to an activating group) is 1. The SMILES string of the molecule is CCSc1nnc(NC(=O)CSc2nc(CC(=O)NC)cc(=O)[nH]2)s1. The standard InChI is InChI=1S/C13H16N6O3S3/c1-3-23-13-19-18-12(25-13)17-10(22)6-24-11-15-7(4-8(20)14-2)5-9(21)16-11/h5H,3-4,6H2,1-2H3,(H,14,20)(H,15,16,21)(H,17,18,22). The van der Waals surface area contributed by atoms with Gasteiger partial charge in [-0.15, -0.1) is 10.2 Å². The third-order valence-corrected chi connectivity index (χ3v) is 5.38. The second-order valence-corrected chi connectivity index (χ2v) is 7.99. The lowest BCUT2D eigenvalue weighted by Gasteiger charge is -2.04. The number of aromatic amines is 1. The van der Waals surface area contributed by atoms with Crippen LogP contribution >= 0.6 is 34.9 Å². The summed E-state index contributed by atoms with van der Waals surface area (Å²) in [5.74, 6) is 0.392. The van der Waals surface area contributed by atoms with Crippen LogP contribution in [0.5, 0.6) is 0 Å². The number of amides is 2. The zero-order valence-electron chi connectivity index (χ0n) is 13.5. The third-order valence-electron chi connectivity index (χ3n) is 2.65. The summed E-state index contributed by atoms with van der Waals surface area (Å²) in [5, 5.41) is 13.7. The number of aromatic nitrogens is 4. The van der Waals surface area contributed by atoms with E-state index in [1.807, 2.05) is 6.92 Å². The topological polar surface area (TPSA) is 130 Å². The summed E-state index contributed by atoms with van der Waals surface area (Å²) >= 11 is 3.92. The van der Waals surface area contributed by atoms with Crippen molar-refractivity contribution < 1.29 is 9.59 Å². The first-order chi connectivity index (χ1) is 12.0. The maximum Gasteiger partial charge on any atom is 0.251 e. The fourth-order valence-corrected chi connectivity index (χ4v) is 3.99. The van der Waals surface area contributed by atoms with Crippen molar-refractivity contribution in [2.24, 2.45) is 0 Å². The van der Waals surface area contributed by atoms with Crippen LogP contribution in [0.3, 0.4) is 0 Å². The molecule has 0 saturated heterocycles. The number of hydrogen-bond donors (Lipinski definition) is 3. The van der Waals surface area contributed by atoms with Crippen molar-refractivity contribution in [2.75, 3.05) is 23.9 Å². The summed E-state index contributed by atoms with van der Waals surface area (Å²) in [4.78, 5) is 41.7. The molecule has 0 spiro atoms. The predicted octanol–water partition coefficient (Wildman–Crippen LogP) is 0.753. The van der Waals surface area contributed by atoms with E-state index in [0.717, 1.165) is 21.9 Å². The molecule has 0 atom stereocenters. The van der Waals surface area contributed by atoms with Gasteiger partial charge >= 0.3 is 0 Å². The normalized spacial score (nSPS) is 10.5. The molecule has 0 aliphatic rings. The summed E-state index contributed by atoms with van der Waals surface area (Å²) in [6, 6.07) is 1.26. The van der Waals surface area contributed by atoms with Crippen LogP contribution in [0, 0.1) is 0 Å². The van der Waals surface area contributed by atoms with E-state index in [-0.39, 0.29) is 34.7 Å². The van der Waals surface area contributed by atoms with Gasteiger partial charge in [-0.1, -0.05) is 41.8 Å². The van der Waals surface area contributed by atoms with Crippen molar-refractivity contribution in [1.29, 1.82) is 0 Å². The summed E-state index contributed by atoms with van der Waals surface area (Å²) < 4.78 is 0.790. The maximum atomic E-state index is 12.0. The summed E-state index contributed by atoms with van der Waals surface area (Å²) in [7, 11) is 1.51. The monoisotopic (exact) mass is 400 g/mol. The largest absolute Gasteiger partial charge is 0.359 e. The molecule has 0 fully saturated rings. The summed E-state index contributed by atoms with van der Waals surface area (Å²) in [5.41, 5.74) is -0.0291. The van der Waals surface area contributed by atoms with Gasteiger partial charge in [0.05, 0.1) is 17.9 Å². The minimum Gasteiger partial charge on any atom is -0.359 e. The number of H-pyrrole nitrogens is 1. The molecular formula is C13H16N6O3S3. The van der Waals surface area contributed by atoms with Gasteiger partial charge in [0.1, 0.15) is 0 Å². The van der Waals surface area contributed by atoms with Crippen LogP contribution < -0.4 is 16.2 Å². The fourth-order valence-electron chi connectivity index (χ4n) is 1.63. The molecule has 25 heavy (non-hydrogen) atoms. The minimum atomic E-state index is -0.373. The molecule has 134 valence electrons. The lowest BCUT2D eigenvalue weighted by molar-refractivity contribution is -0.120. The van der Waals surface area contributed by atoms with Gasteiger partial charge in [0.15, 0.2) is 9.50 Å². The van der Waals surface area contributed by atoms with Gasteiger partial charge in [-0.3, -0.25) is 19.7 Å². The second-order valence-electron chi connectivity index (χ2n) is 4.53. The van der Waals surface area contributed by atoms with Crippen molar-refractivity contribution in [3.63, 3.8) is 0 Å². The first-order valence-corrected chi connectivity index (χ1v) is 9.98. The minimum absolute atomic E-state index is 0.00281. The highest BCUT2D eigenvalue weighted by molar-refractivity contribution is 8.01. The van der Waals surface area contributed by atoms with Crippen LogP contribution in [-0.2, 0) is 16.0 Å². The quantitative estimate of drug-likeness (QED) is 0.336. The highest BCUT2D eigenvalue weighted by Crippen LogP contribution is 2.25. The molecule has 2 aromatic heterocycles. The molecule has 2 rings (SSSR count). The number of hydrogen-bond acceptors (Lipinski definition) is 9. The number of rotatable bonds is 8. The average molecular weight is 401 g/mol. The van der Waals surface area contributed by atoms with Crippen molar-refractivity contribution in [3.8, 4) is 0 Å². The van der Waals surface area contributed by atoms with Gasteiger partial charge in [0.2, 0.25) is 16.9 Å². The van der Waals surface area contributed by atoms with Crippen LogP contribution in [0.2, 0.25) is 0 Å². The smallest absolute Gasteiger partial charge is 0.251 e. The molecule has 0 aliphatic heterocycles. The van der Waals surface area contributed by atoms with E-state index in [4.69, 9.17) is 0 Å². The van der Waals surface area contributed by atoms with Crippen LogP contribution in [-0.4, -0.2) is 50.5 Å².